The van der Waals surface area contributed by atoms with Crippen LogP contribution >= 0.6 is 11.6 Å². The first-order chi connectivity index (χ1) is 15.4. The van der Waals surface area contributed by atoms with E-state index in [9.17, 15) is 9.59 Å². The van der Waals surface area contributed by atoms with Crippen molar-refractivity contribution in [2.45, 2.75) is 44.9 Å². The summed E-state index contributed by atoms with van der Waals surface area (Å²) in [4.78, 5) is 29.8. The number of hydrogen-bond donors (Lipinski definition) is 1. The van der Waals surface area contributed by atoms with Crippen LogP contribution in [-0.2, 0) is 15.0 Å². The number of carbonyl (C=O) groups is 2. The molecule has 1 N–H and O–H groups in total. The zero-order valence-electron chi connectivity index (χ0n) is 18.9. The van der Waals surface area contributed by atoms with Gasteiger partial charge in [0.15, 0.2) is 0 Å². The molecule has 0 unspecified atom stereocenters. The lowest BCUT2D eigenvalue weighted by molar-refractivity contribution is -0.134. The lowest BCUT2D eigenvalue weighted by Gasteiger charge is -2.37. The van der Waals surface area contributed by atoms with E-state index in [0.717, 1.165) is 68.8 Å². The van der Waals surface area contributed by atoms with Crippen LogP contribution in [0.2, 0.25) is 5.02 Å². The molecule has 0 radical (unpaired) electrons. The van der Waals surface area contributed by atoms with Crippen LogP contribution in [0.25, 0.3) is 0 Å². The smallest absolute Gasteiger partial charge is 0.235 e. The Hall–Kier alpha value is -2.53. The van der Waals surface area contributed by atoms with Crippen LogP contribution < -0.4 is 10.2 Å². The highest BCUT2D eigenvalue weighted by Gasteiger charge is 2.42. The molecule has 1 heterocycles. The van der Waals surface area contributed by atoms with Crippen molar-refractivity contribution >= 4 is 34.8 Å². The summed E-state index contributed by atoms with van der Waals surface area (Å²) in [6.07, 6.45) is 3.83. The topological polar surface area (TPSA) is 52.7 Å². The van der Waals surface area contributed by atoms with Gasteiger partial charge in [-0.15, -0.1) is 0 Å². The largest absolute Gasteiger partial charge is 0.368 e. The van der Waals surface area contributed by atoms with Crippen molar-refractivity contribution in [1.82, 2.24) is 4.90 Å². The molecule has 2 amide bonds. The Kier molecular flexibility index (Phi) is 6.75. The third-order valence-electron chi connectivity index (χ3n) is 6.86. The number of benzene rings is 2. The first-order valence-corrected chi connectivity index (χ1v) is 12.0. The third-order valence-corrected chi connectivity index (χ3v) is 7.12. The van der Waals surface area contributed by atoms with Crippen molar-refractivity contribution in [3.05, 3.63) is 59.1 Å². The summed E-state index contributed by atoms with van der Waals surface area (Å²) in [6, 6.07) is 15.8. The summed E-state index contributed by atoms with van der Waals surface area (Å²) in [6.45, 7) is 7.04. The van der Waals surface area contributed by atoms with Crippen molar-refractivity contribution in [2.24, 2.45) is 5.92 Å². The van der Waals surface area contributed by atoms with Crippen molar-refractivity contribution in [1.29, 1.82) is 0 Å². The second kappa shape index (κ2) is 9.53. The molecule has 0 atom stereocenters. The fraction of sp³-hybridized carbons (Fsp3) is 0.462. The summed E-state index contributed by atoms with van der Waals surface area (Å²) < 4.78 is 0. The summed E-state index contributed by atoms with van der Waals surface area (Å²) in [7, 11) is 0. The van der Waals surface area contributed by atoms with E-state index in [4.69, 9.17) is 11.6 Å². The normalized spacial score (nSPS) is 18.1. The number of nitrogens with zero attached hydrogens (tertiary/aromatic N) is 2. The van der Waals surface area contributed by atoms with Gasteiger partial charge in [-0.25, -0.2) is 0 Å². The molecule has 2 aromatic carbocycles. The summed E-state index contributed by atoms with van der Waals surface area (Å²) in [5.74, 6) is 0.329. The van der Waals surface area contributed by atoms with E-state index in [2.05, 4.69) is 22.3 Å². The van der Waals surface area contributed by atoms with Gasteiger partial charge >= 0.3 is 0 Å². The van der Waals surface area contributed by atoms with E-state index < -0.39 is 5.41 Å². The Morgan fingerprint density at radius 1 is 0.906 bits per heavy atom. The predicted octanol–water partition coefficient (Wildman–Crippen LogP) is 5.10. The molecular formula is C26H32ClN3O2. The highest BCUT2D eigenvalue weighted by atomic mass is 35.5. The Morgan fingerprint density at radius 3 is 2.06 bits per heavy atom. The number of halogens is 1. The van der Waals surface area contributed by atoms with E-state index in [1.165, 1.54) is 0 Å². The number of carbonyl (C=O) groups excluding carboxylic acids is 2. The number of anilines is 2. The predicted molar refractivity (Wildman–Crippen MR) is 130 cm³/mol. The van der Waals surface area contributed by atoms with Crippen molar-refractivity contribution in [3.8, 4) is 0 Å². The van der Waals surface area contributed by atoms with Gasteiger partial charge in [-0.1, -0.05) is 50.4 Å². The maximum atomic E-state index is 13.4. The lowest BCUT2D eigenvalue weighted by atomic mass is 9.78. The van der Waals surface area contributed by atoms with Crippen molar-refractivity contribution < 1.29 is 9.59 Å². The van der Waals surface area contributed by atoms with Crippen LogP contribution in [0.1, 0.15) is 45.1 Å². The van der Waals surface area contributed by atoms with Crippen LogP contribution in [0.4, 0.5) is 11.4 Å². The van der Waals surface area contributed by atoms with Crippen LogP contribution in [0.3, 0.4) is 0 Å². The Labute approximate surface area is 195 Å². The summed E-state index contributed by atoms with van der Waals surface area (Å²) in [5.41, 5.74) is 2.49. The minimum absolute atomic E-state index is 0.0421. The third kappa shape index (κ3) is 4.63. The molecular weight excluding hydrogens is 422 g/mol. The second-order valence-corrected chi connectivity index (χ2v) is 9.70. The maximum Gasteiger partial charge on any atom is 0.235 e. The van der Waals surface area contributed by atoms with E-state index in [1.807, 2.05) is 55.1 Å². The van der Waals surface area contributed by atoms with E-state index in [0.29, 0.717) is 5.02 Å². The number of piperazine rings is 1. The average molecular weight is 454 g/mol. The molecule has 2 aromatic rings. The fourth-order valence-corrected chi connectivity index (χ4v) is 5.08. The van der Waals surface area contributed by atoms with Crippen LogP contribution in [0.5, 0.6) is 0 Å². The molecule has 4 rings (SSSR count). The number of rotatable bonds is 5. The van der Waals surface area contributed by atoms with Gasteiger partial charge in [0.05, 0.1) is 5.41 Å². The molecule has 2 fully saturated rings. The van der Waals surface area contributed by atoms with Gasteiger partial charge in [-0.2, -0.15) is 0 Å². The molecule has 32 heavy (non-hydrogen) atoms. The maximum absolute atomic E-state index is 13.4. The van der Waals surface area contributed by atoms with Gasteiger partial charge in [-0.3, -0.25) is 9.59 Å². The molecule has 1 saturated heterocycles. The molecule has 5 nitrogen and oxygen atoms in total. The molecule has 0 bridgehead atoms. The average Bonchev–Trinajstić information content (AvgIpc) is 3.31. The van der Waals surface area contributed by atoms with Gasteiger partial charge in [0, 0.05) is 48.5 Å². The van der Waals surface area contributed by atoms with E-state index in [-0.39, 0.29) is 17.7 Å². The Morgan fingerprint density at radius 2 is 1.50 bits per heavy atom. The lowest BCUT2D eigenvalue weighted by Crippen LogP contribution is -2.49. The second-order valence-electron chi connectivity index (χ2n) is 9.26. The monoisotopic (exact) mass is 453 g/mol. The van der Waals surface area contributed by atoms with Crippen LogP contribution in [0, 0.1) is 5.92 Å². The van der Waals surface area contributed by atoms with Crippen LogP contribution in [-0.4, -0.2) is 42.9 Å². The number of hydrogen-bond acceptors (Lipinski definition) is 3. The quantitative estimate of drug-likeness (QED) is 0.685. The van der Waals surface area contributed by atoms with E-state index in [1.54, 1.807) is 0 Å². The highest BCUT2D eigenvalue weighted by Crippen LogP contribution is 2.42. The summed E-state index contributed by atoms with van der Waals surface area (Å²) in [5, 5.41) is 3.85. The molecule has 0 aromatic heterocycles. The first kappa shape index (κ1) is 22.7. The molecule has 1 aliphatic heterocycles. The zero-order valence-corrected chi connectivity index (χ0v) is 19.7. The van der Waals surface area contributed by atoms with Crippen molar-refractivity contribution in [3.63, 3.8) is 0 Å². The minimum atomic E-state index is -0.484. The first-order valence-electron chi connectivity index (χ1n) is 11.6. The fourth-order valence-electron chi connectivity index (χ4n) is 4.95. The van der Waals surface area contributed by atoms with Gasteiger partial charge in [0.25, 0.3) is 0 Å². The van der Waals surface area contributed by atoms with Gasteiger partial charge in [-0.05, 0) is 54.8 Å². The summed E-state index contributed by atoms with van der Waals surface area (Å²) >= 11 is 6.07. The molecule has 2 aliphatic rings. The zero-order chi connectivity index (χ0) is 22.7. The number of amides is 2. The van der Waals surface area contributed by atoms with Gasteiger partial charge in [0.2, 0.25) is 11.8 Å². The Bertz CT molecular complexity index is 942. The standard InChI is InChI=1S/C26H32ClN3O2/c1-19(2)24(31)30-17-15-29(16-18-30)23-11-9-22(10-12-23)28-25(32)26(13-3-4-14-26)20-5-7-21(27)8-6-20/h5-12,19H,3-4,13-18H2,1-2H3,(H,28,32). The van der Waals surface area contributed by atoms with E-state index >= 15 is 0 Å². The molecule has 1 aliphatic carbocycles. The highest BCUT2D eigenvalue weighted by molar-refractivity contribution is 6.30. The van der Waals surface area contributed by atoms with Crippen molar-refractivity contribution in [2.75, 3.05) is 36.4 Å². The Balaban J connectivity index is 1.41. The van der Waals surface area contributed by atoms with Crippen LogP contribution in [0.15, 0.2) is 48.5 Å². The molecule has 6 heteroatoms. The SMILES string of the molecule is CC(C)C(=O)N1CCN(c2ccc(NC(=O)C3(c4ccc(Cl)cc4)CCCC3)cc2)CC1. The van der Waals surface area contributed by atoms with Gasteiger partial charge in [0.1, 0.15) is 0 Å². The minimum Gasteiger partial charge on any atom is -0.368 e. The molecule has 170 valence electrons. The molecule has 0 spiro atoms. The van der Waals surface area contributed by atoms with Gasteiger partial charge < -0.3 is 15.1 Å². The molecule has 1 saturated carbocycles. The number of nitrogens with one attached hydrogen (secondary N) is 1.